The smallest absolute Gasteiger partial charge is 0.221 e. The van der Waals surface area contributed by atoms with Gasteiger partial charge >= 0.3 is 0 Å². The first-order chi connectivity index (χ1) is 13.3. The topological polar surface area (TPSA) is 59.1 Å². The van der Waals surface area contributed by atoms with Crippen LogP contribution in [0.15, 0.2) is 54.6 Å². The quantitative estimate of drug-likeness (QED) is 0.709. The van der Waals surface area contributed by atoms with Crippen molar-refractivity contribution in [2.75, 3.05) is 20.7 Å². The highest BCUT2D eigenvalue weighted by molar-refractivity contribution is 7.89. The van der Waals surface area contributed by atoms with Crippen molar-refractivity contribution < 1.29 is 18.0 Å². The average Bonchev–Trinajstić information content (AvgIpc) is 3.09. The van der Waals surface area contributed by atoms with E-state index >= 15 is 0 Å². The number of sulfonamides is 1. The van der Waals surface area contributed by atoms with Gasteiger partial charge in [0.15, 0.2) is 0 Å². The number of hydrogen-bond donors (Lipinski definition) is 0. The highest BCUT2D eigenvalue weighted by Crippen LogP contribution is 2.36. The van der Waals surface area contributed by atoms with Crippen LogP contribution in [0.3, 0.4) is 0 Å². The minimum atomic E-state index is -3.51. The molecule has 0 radical (unpaired) electrons. The molecule has 2 aromatic carbocycles. The zero-order valence-corrected chi connectivity index (χ0v) is 17.6. The van der Waals surface area contributed by atoms with Crippen molar-refractivity contribution in [2.45, 2.75) is 37.8 Å². The van der Waals surface area contributed by atoms with Crippen molar-refractivity contribution in [3.8, 4) is 5.75 Å². The van der Waals surface area contributed by atoms with Crippen LogP contribution in [0.5, 0.6) is 5.75 Å². The third-order valence-electron chi connectivity index (χ3n) is 5.15. The van der Waals surface area contributed by atoms with Crippen LogP contribution in [-0.4, -0.2) is 49.8 Å². The number of nitrogens with zero attached hydrogens (tertiary/aromatic N) is 2. The summed E-state index contributed by atoms with van der Waals surface area (Å²) in [5.41, 5.74) is 1.93. The standard InChI is InChI=1S/C21H28N2O4S/c1-16(2)23(4)28(24,25)20-15-27-22(3)21(20)18-11-8-12-19(13-18)26-14-17-9-6-5-7-10-17/h5-13,16,20-21H,14-15H2,1-4H3. The van der Waals surface area contributed by atoms with E-state index in [9.17, 15) is 8.42 Å². The molecule has 0 aliphatic carbocycles. The van der Waals surface area contributed by atoms with Gasteiger partial charge in [0, 0.05) is 20.1 Å². The lowest BCUT2D eigenvalue weighted by Crippen LogP contribution is -2.43. The maximum atomic E-state index is 13.1. The number of hydroxylamine groups is 2. The first kappa shape index (κ1) is 20.8. The lowest BCUT2D eigenvalue weighted by Gasteiger charge is -2.28. The van der Waals surface area contributed by atoms with Gasteiger partial charge in [0.25, 0.3) is 0 Å². The van der Waals surface area contributed by atoms with E-state index < -0.39 is 21.3 Å². The Labute approximate surface area is 167 Å². The Morgan fingerprint density at radius 1 is 1.18 bits per heavy atom. The third kappa shape index (κ3) is 4.38. The fourth-order valence-electron chi connectivity index (χ4n) is 3.31. The second kappa shape index (κ2) is 8.61. The summed E-state index contributed by atoms with van der Waals surface area (Å²) in [6.07, 6.45) is 0. The van der Waals surface area contributed by atoms with Gasteiger partial charge in [-0.3, -0.25) is 4.84 Å². The summed E-state index contributed by atoms with van der Waals surface area (Å²) in [4.78, 5) is 5.60. The Bertz CT molecular complexity index is 886. The van der Waals surface area contributed by atoms with Gasteiger partial charge in [-0.1, -0.05) is 42.5 Å². The predicted octanol–water partition coefficient (Wildman–Crippen LogP) is 3.22. The summed E-state index contributed by atoms with van der Waals surface area (Å²) in [6.45, 7) is 4.32. The second-order valence-electron chi connectivity index (χ2n) is 7.33. The molecule has 0 bridgehead atoms. The van der Waals surface area contributed by atoms with E-state index in [1.165, 1.54) is 4.31 Å². The Morgan fingerprint density at radius 3 is 2.57 bits per heavy atom. The Kier molecular flexibility index (Phi) is 6.40. The Morgan fingerprint density at radius 2 is 1.89 bits per heavy atom. The minimum absolute atomic E-state index is 0.114. The van der Waals surface area contributed by atoms with Gasteiger partial charge in [0.1, 0.15) is 17.6 Å². The molecule has 2 atom stereocenters. The predicted molar refractivity (Wildman–Crippen MR) is 109 cm³/mol. The van der Waals surface area contributed by atoms with E-state index in [0.29, 0.717) is 12.4 Å². The summed E-state index contributed by atoms with van der Waals surface area (Å²) in [5.74, 6) is 0.704. The summed E-state index contributed by atoms with van der Waals surface area (Å²) in [5, 5.41) is 0.960. The van der Waals surface area contributed by atoms with E-state index in [1.54, 1.807) is 19.2 Å². The molecule has 2 aromatic rings. The van der Waals surface area contributed by atoms with Crippen LogP contribution < -0.4 is 4.74 Å². The molecule has 3 rings (SSSR count). The van der Waals surface area contributed by atoms with Crippen molar-refractivity contribution >= 4 is 10.0 Å². The van der Waals surface area contributed by atoms with Crippen molar-refractivity contribution in [1.29, 1.82) is 0 Å². The largest absolute Gasteiger partial charge is 0.489 e. The lowest BCUT2D eigenvalue weighted by molar-refractivity contribution is -0.110. The van der Waals surface area contributed by atoms with Gasteiger partial charge < -0.3 is 4.74 Å². The molecular formula is C21H28N2O4S. The summed E-state index contributed by atoms with van der Waals surface area (Å²) < 4.78 is 33.5. The lowest BCUT2D eigenvalue weighted by atomic mass is 10.0. The molecule has 0 saturated carbocycles. The molecule has 0 N–H and O–H groups in total. The molecule has 1 fully saturated rings. The molecule has 1 heterocycles. The second-order valence-corrected chi connectivity index (χ2v) is 9.54. The van der Waals surface area contributed by atoms with Gasteiger partial charge in [0.05, 0.1) is 12.6 Å². The molecule has 28 heavy (non-hydrogen) atoms. The van der Waals surface area contributed by atoms with Gasteiger partial charge in [-0.2, -0.15) is 5.06 Å². The number of benzene rings is 2. The van der Waals surface area contributed by atoms with E-state index in [-0.39, 0.29) is 12.6 Å². The van der Waals surface area contributed by atoms with Crippen LogP contribution in [0.4, 0.5) is 0 Å². The average molecular weight is 405 g/mol. The zero-order valence-electron chi connectivity index (χ0n) is 16.8. The maximum Gasteiger partial charge on any atom is 0.221 e. The van der Waals surface area contributed by atoms with Gasteiger partial charge in [0.2, 0.25) is 10.0 Å². The summed E-state index contributed by atoms with van der Waals surface area (Å²) in [7, 11) is -0.120. The molecule has 0 aromatic heterocycles. The normalized spacial score (nSPS) is 20.8. The maximum absolute atomic E-state index is 13.1. The molecule has 1 saturated heterocycles. The van der Waals surface area contributed by atoms with Crippen molar-refractivity contribution in [3.63, 3.8) is 0 Å². The Hall–Kier alpha value is -1.93. The molecule has 2 unspecified atom stereocenters. The van der Waals surface area contributed by atoms with Crippen LogP contribution in [0.2, 0.25) is 0 Å². The molecular weight excluding hydrogens is 376 g/mol. The number of hydrogen-bond acceptors (Lipinski definition) is 5. The molecule has 0 amide bonds. The third-order valence-corrected chi connectivity index (χ3v) is 7.53. The molecule has 1 aliphatic heterocycles. The van der Waals surface area contributed by atoms with Crippen LogP contribution in [0.1, 0.15) is 31.0 Å². The minimum Gasteiger partial charge on any atom is -0.489 e. The van der Waals surface area contributed by atoms with Crippen LogP contribution in [0.25, 0.3) is 0 Å². The SMILES string of the molecule is CC(C)N(C)S(=O)(=O)C1CON(C)C1c1cccc(OCc2ccccc2)c1. The first-order valence-corrected chi connectivity index (χ1v) is 10.9. The van der Waals surface area contributed by atoms with Crippen LogP contribution in [0, 0.1) is 0 Å². The highest BCUT2D eigenvalue weighted by Gasteiger charge is 2.45. The fraction of sp³-hybridized carbons (Fsp3) is 0.429. The Balaban J connectivity index is 1.82. The van der Waals surface area contributed by atoms with Crippen LogP contribution >= 0.6 is 0 Å². The number of ether oxygens (including phenoxy) is 1. The van der Waals surface area contributed by atoms with Gasteiger partial charge in [-0.15, -0.1) is 0 Å². The van der Waals surface area contributed by atoms with Crippen molar-refractivity contribution in [2.24, 2.45) is 0 Å². The molecule has 1 aliphatic rings. The first-order valence-electron chi connectivity index (χ1n) is 9.40. The van der Waals surface area contributed by atoms with E-state index in [2.05, 4.69) is 0 Å². The highest BCUT2D eigenvalue weighted by atomic mass is 32.2. The number of rotatable bonds is 7. The van der Waals surface area contributed by atoms with E-state index in [4.69, 9.17) is 9.57 Å². The van der Waals surface area contributed by atoms with Gasteiger partial charge in [-0.25, -0.2) is 12.7 Å². The zero-order chi connectivity index (χ0) is 20.3. The molecule has 152 valence electrons. The summed E-state index contributed by atoms with van der Waals surface area (Å²) >= 11 is 0. The molecule has 0 spiro atoms. The van der Waals surface area contributed by atoms with E-state index in [0.717, 1.165) is 11.1 Å². The monoisotopic (exact) mass is 404 g/mol. The van der Waals surface area contributed by atoms with Gasteiger partial charge in [-0.05, 0) is 37.1 Å². The fourth-order valence-corrected chi connectivity index (χ4v) is 5.21. The van der Waals surface area contributed by atoms with Crippen LogP contribution in [-0.2, 0) is 21.5 Å². The molecule has 6 nitrogen and oxygen atoms in total. The van der Waals surface area contributed by atoms with E-state index in [1.807, 2.05) is 68.4 Å². The van der Waals surface area contributed by atoms with Crippen molar-refractivity contribution in [1.82, 2.24) is 9.37 Å². The molecule has 7 heteroatoms. The summed E-state index contributed by atoms with van der Waals surface area (Å²) in [6, 6.07) is 17.0. The van der Waals surface area contributed by atoms with Crippen molar-refractivity contribution in [3.05, 3.63) is 65.7 Å².